The Balaban J connectivity index is 1.91. The molecule has 3 rings (SSSR count). The van der Waals surface area contributed by atoms with Crippen LogP contribution in [0.4, 0.5) is 0 Å². The molecular weight excluding hydrogens is 425 g/mol. The number of hydrogen-bond donors (Lipinski definition) is 1. The quantitative estimate of drug-likeness (QED) is 0.634. The summed E-state index contributed by atoms with van der Waals surface area (Å²) >= 11 is 2.23. The zero-order valence-corrected chi connectivity index (χ0v) is 17.1. The Morgan fingerprint density at radius 3 is 2.64 bits per heavy atom. The van der Waals surface area contributed by atoms with Gasteiger partial charge in [0.05, 0.1) is 11.6 Å². The molecule has 1 heterocycles. The first-order valence-corrected chi connectivity index (χ1v) is 9.91. The summed E-state index contributed by atoms with van der Waals surface area (Å²) in [5.41, 5.74) is 2.74. The average Bonchev–Trinajstić information content (AvgIpc) is 2.61. The van der Waals surface area contributed by atoms with E-state index in [2.05, 4.69) is 47.8 Å². The first-order valence-electron chi connectivity index (χ1n) is 8.83. The molecule has 25 heavy (non-hydrogen) atoms. The van der Waals surface area contributed by atoms with E-state index in [0.29, 0.717) is 0 Å². The summed E-state index contributed by atoms with van der Waals surface area (Å²) in [6.07, 6.45) is 2.64. The number of halogens is 1. The van der Waals surface area contributed by atoms with Gasteiger partial charge in [0.1, 0.15) is 11.4 Å². The van der Waals surface area contributed by atoms with Crippen molar-refractivity contribution in [2.24, 2.45) is 0 Å². The molecule has 1 amide bonds. The number of carbonyl (C=O) groups excluding carboxylic acids is 1. The predicted octanol–water partition coefficient (Wildman–Crippen LogP) is 5.41. The van der Waals surface area contributed by atoms with Crippen LogP contribution in [0.3, 0.4) is 0 Å². The lowest BCUT2D eigenvalue weighted by molar-refractivity contribution is 0.0227. The minimum atomic E-state index is -0.216. The van der Waals surface area contributed by atoms with E-state index in [0.717, 1.165) is 45.3 Å². The Morgan fingerprint density at radius 1 is 1.24 bits per heavy atom. The van der Waals surface area contributed by atoms with Crippen LogP contribution in [0.1, 0.15) is 60.6 Å². The Morgan fingerprint density at radius 2 is 1.96 bits per heavy atom. The molecule has 0 saturated carbocycles. The van der Waals surface area contributed by atoms with Gasteiger partial charge in [0, 0.05) is 15.6 Å². The van der Waals surface area contributed by atoms with Gasteiger partial charge in [-0.2, -0.15) is 0 Å². The van der Waals surface area contributed by atoms with E-state index in [4.69, 9.17) is 4.74 Å². The molecule has 3 nitrogen and oxygen atoms in total. The third-order valence-electron chi connectivity index (χ3n) is 5.16. The van der Waals surface area contributed by atoms with Crippen LogP contribution < -0.4 is 10.1 Å². The summed E-state index contributed by atoms with van der Waals surface area (Å²) in [5.74, 6) is 0.869. The second-order valence-electron chi connectivity index (χ2n) is 6.74. The number of benzene rings is 2. The normalized spacial score (nSPS) is 18.2. The van der Waals surface area contributed by atoms with Crippen LogP contribution in [-0.2, 0) is 0 Å². The molecule has 1 aliphatic heterocycles. The third-order valence-corrected chi connectivity index (χ3v) is 6.05. The second-order valence-corrected chi connectivity index (χ2v) is 7.91. The zero-order valence-electron chi connectivity index (χ0n) is 14.9. The van der Waals surface area contributed by atoms with Gasteiger partial charge in [-0.05, 0) is 60.6 Å². The Kier molecular flexibility index (Phi) is 5.37. The van der Waals surface area contributed by atoms with Crippen molar-refractivity contribution in [2.45, 2.75) is 51.7 Å². The van der Waals surface area contributed by atoms with E-state index < -0.39 is 0 Å². The van der Waals surface area contributed by atoms with Crippen LogP contribution in [0.15, 0.2) is 42.5 Å². The molecule has 0 fully saturated rings. The average molecular weight is 449 g/mol. The molecule has 0 aliphatic carbocycles. The summed E-state index contributed by atoms with van der Waals surface area (Å²) < 4.78 is 7.30. The number of ether oxygens (including phenoxy) is 1. The molecule has 0 spiro atoms. The second kappa shape index (κ2) is 7.36. The molecule has 0 radical (unpaired) electrons. The van der Waals surface area contributed by atoms with Crippen LogP contribution in [0.25, 0.3) is 0 Å². The number of carbonyl (C=O) groups is 1. The smallest absolute Gasteiger partial charge is 0.252 e. The fraction of sp³-hybridized carbons (Fsp3) is 0.381. The Hall–Kier alpha value is -1.56. The van der Waals surface area contributed by atoms with Gasteiger partial charge >= 0.3 is 0 Å². The number of rotatable bonds is 4. The van der Waals surface area contributed by atoms with Crippen LogP contribution >= 0.6 is 22.6 Å². The fourth-order valence-electron chi connectivity index (χ4n) is 3.47. The molecule has 1 atom stereocenters. The lowest BCUT2D eigenvalue weighted by Crippen LogP contribution is -2.44. The van der Waals surface area contributed by atoms with Crippen molar-refractivity contribution < 1.29 is 9.53 Å². The van der Waals surface area contributed by atoms with Crippen molar-refractivity contribution in [3.63, 3.8) is 0 Å². The molecule has 1 aliphatic rings. The third kappa shape index (κ3) is 3.68. The molecular formula is C21H24INO2. The van der Waals surface area contributed by atoms with Crippen molar-refractivity contribution in [2.75, 3.05) is 0 Å². The van der Waals surface area contributed by atoms with Crippen molar-refractivity contribution in [1.82, 2.24) is 5.32 Å². The first-order chi connectivity index (χ1) is 12.0. The molecule has 0 bridgehead atoms. The van der Waals surface area contributed by atoms with Crippen molar-refractivity contribution >= 4 is 28.5 Å². The highest BCUT2D eigenvalue weighted by molar-refractivity contribution is 14.1. The zero-order chi connectivity index (χ0) is 18.0. The fourth-order valence-corrected chi connectivity index (χ4v) is 4.39. The molecule has 0 unspecified atom stereocenters. The predicted molar refractivity (Wildman–Crippen MR) is 109 cm³/mol. The Labute approximate surface area is 163 Å². The molecule has 0 saturated heterocycles. The van der Waals surface area contributed by atoms with Gasteiger partial charge in [0.2, 0.25) is 0 Å². The topological polar surface area (TPSA) is 38.3 Å². The SMILES string of the molecule is CCC1(CC)C[C@H](NC(=O)c2ccc(C)cc2I)c2ccccc2O1. The van der Waals surface area contributed by atoms with Crippen LogP contribution in [0.2, 0.25) is 0 Å². The minimum absolute atomic E-state index is 0.0211. The van der Waals surface area contributed by atoms with Gasteiger partial charge in [-0.3, -0.25) is 4.79 Å². The molecule has 132 valence electrons. The Bertz CT molecular complexity index is 783. The number of fused-ring (bicyclic) bond motifs is 1. The van der Waals surface area contributed by atoms with Gasteiger partial charge in [-0.25, -0.2) is 0 Å². The summed E-state index contributed by atoms with van der Waals surface area (Å²) in [4.78, 5) is 12.9. The largest absolute Gasteiger partial charge is 0.487 e. The maximum Gasteiger partial charge on any atom is 0.252 e. The summed E-state index contributed by atoms with van der Waals surface area (Å²) in [7, 11) is 0. The molecule has 0 aromatic heterocycles. The highest BCUT2D eigenvalue weighted by atomic mass is 127. The number of aryl methyl sites for hydroxylation is 1. The van der Waals surface area contributed by atoms with E-state index in [1.807, 2.05) is 43.3 Å². The number of nitrogens with one attached hydrogen (secondary N) is 1. The monoisotopic (exact) mass is 449 g/mol. The van der Waals surface area contributed by atoms with Gasteiger partial charge < -0.3 is 10.1 Å². The molecule has 4 heteroatoms. The van der Waals surface area contributed by atoms with Crippen molar-refractivity contribution in [3.05, 3.63) is 62.7 Å². The lowest BCUT2D eigenvalue weighted by Gasteiger charge is -2.41. The number of amides is 1. The van der Waals surface area contributed by atoms with Gasteiger partial charge in [0.15, 0.2) is 0 Å². The van der Waals surface area contributed by atoms with Gasteiger partial charge in [0.25, 0.3) is 5.91 Å². The van der Waals surface area contributed by atoms with E-state index >= 15 is 0 Å². The summed E-state index contributed by atoms with van der Waals surface area (Å²) in [5, 5.41) is 3.25. The van der Waals surface area contributed by atoms with Crippen molar-refractivity contribution in [1.29, 1.82) is 0 Å². The van der Waals surface area contributed by atoms with Crippen LogP contribution in [0, 0.1) is 10.5 Å². The molecule has 2 aromatic rings. The highest BCUT2D eigenvalue weighted by Crippen LogP contribution is 2.42. The maximum atomic E-state index is 12.9. The van der Waals surface area contributed by atoms with E-state index in [-0.39, 0.29) is 17.6 Å². The summed E-state index contributed by atoms with van der Waals surface area (Å²) in [6, 6.07) is 13.9. The minimum Gasteiger partial charge on any atom is -0.487 e. The van der Waals surface area contributed by atoms with Gasteiger partial charge in [-0.1, -0.05) is 43.7 Å². The number of hydrogen-bond acceptors (Lipinski definition) is 2. The van der Waals surface area contributed by atoms with E-state index in [1.54, 1.807) is 0 Å². The van der Waals surface area contributed by atoms with Crippen molar-refractivity contribution in [3.8, 4) is 5.75 Å². The lowest BCUT2D eigenvalue weighted by atomic mass is 9.83. The summed E-state index contributed by atoms with van der Waals surface area (Å²) in [6.45, 7) is 6.34. The first kappa shape index (κ1) is 18.2. The van der Waals surface area contributed by atoms with Gasteiger partial charge in [-0.15, -0.1) is 0 Å². The maximum absolute atomic E-state index is 12.9. The van der Waals surface area contributed by atoms with Crippen LogP contribution in [-0.4, -0.2) is 11.5 Å². The highest BCUT2D eigenvalue weighted by Gasteiger charge is 2.39. The van der Waals surface area contributed by atoms with Crippen LogP contribution in [0.5, 0.6) is 5.75 Å². The van der Waals surface area contributed by atoms with E-state index in [1.165, 1.54) is 0 Å². The standard InChI is InChI=1S/C21H24INO2/c1-4-21(5-2)13-18(16-8-6-7-9-19(16)25-21)23-20(24)15-11-10-14(3)12-17(15)22/h6-12,18H,4-5,13H2,1-3H3,(H,23,24)/t18-/m0/s1. The molecule has 2 aromatic carbocycles. The van der Waals surface area contributed by atoms with E-state index in [9.17, 15) is 4.79 Å². The molecule has 1 N–H and O–H groups in total. The number of para-hydroxylation sites is 1.